The minimum atomic E-state index is -0.443. The maximum Gasteiger partial charge on any atom is 0.255 e. The number of ether oxygens (including phenoxy) is 1. The minimum Gasteiger partial charge on any atom is -0.489 e. The van der Waals surface area contributed by atoms with Crippen molar-refractivity contribution in [1.29, 1.82) is 0 Å². The molecule has 1 unspecified atom stereocenters. The summed E-state index contributed by atoms with van der Waals surface area (Å²) in [6.45, 7) is 6.47. The van der Waals surface area contributed by atoms with Crippen molar-refractivity contribution >= 4 is 11.8 Å². The van der Waals surface area contributed by atoms with Gasteiger partial charge in [-0.15, -0.1) is 0 Å². The molecule has 34 heavy (non-hydrogen) atoms. The van der Waals surface area contributed by atoms with E-state index < -0.39 is 6.04 Å². The van der Waals surface area contributed by atoms with Gasteiger partial charge in [0.15, 0.2) is 0 Å². The van der Waals surface area contributed by atoms with Gasteiger partial charge in [0.25, 0.3) is 5.91 Å². The van der Waals surface area contributed by atoms with Crippen molar-refractivity contribution in [2.24, 2.45) is 0 Å². The molecule has 2 fully saturated rings. The van der Waals surface area contributed by atoms with Crippen molar-refractivity contribution in [3.05, 3.63) is 77.5 Å². The maximum absolute atomic E-state index is 13.0. The summed E-state index contributed by atoms with van der Waals surface area (Å²) in [5, 5.41) is 6.58. The number of hydrogen-bond acceptors (Lipinski definition) is 4. The molecule has 2 heterocycles. The van der Waals surface area contributed by atoms with Crippen molar-refractivity contribution in [2.45, 2.75) is 76.2 Å². The molecule has 1 aliphatic carbocycles. The van der Waals surface area contributed by atoms with Gasteiger partial charge in [0.05, 0.1) is 0 Å². The van der Waals surface area contributed by atoms with E-state index in [9.17, 15) is 9.59 Å². The lowest BCUT2D eigenvalue weighted by molar-refractivity contribution is -0.126. The van der Waals surface area contributed by atoms with Crippen LogP contribution in [0.25, 0.3) is 0 Å². The molecular formula is C28H33N3O3. The Balaban J connectivity index is 1.27. The summed E-state index contributed by atoms with van der Waals surface area (Å²) in [7, 11) is 0. The fraction of sp³-hybridized carbons (Fsp3) is 0.429. The number of nitrogens with one attached hydrogen (secondary N) is 2. The predicted molar refractivity (Wildman–Crippen MR) is 131 cm³/mol. The predicted octanol–water partition coefficient (Wildman–Crippen LogP) is 4.48. The number of rotatable bonds is 6. The Morgan fingerprint density at radius 1 is 1.09 bits per heavy atom. The van der Waals surface area contributed by atoms with E-state index in [1.54, 1.807) is 4.90 Å². The summed E-state index contributed by atoms with van der Waals surface area (Å²) in [5.74, 6) is 0.571. The molecule has 178 valence electrons. The Kier molecular flexibility index (Phi) is 6.42. The molecule has 2 amide bonds. The van der Waals surface area contributed by atoms with Crippen LogP contribution in [0.2, 0.25) is 0 Å². The molecule has 2 aliphatic heterocycles. The highest BCUT2D eigenvalue weighted by Gasteiger charge is 2.38. The normalized spacial score (nSPS) is 25.6. The minimum absolute atomic E-state index is 0.0805. The van der Waals surface area contributed by atoms with Crippen LogP contribution in [-0.4, -0.2) is 34.9 Å². The van der Waals surface area contributed by atoms with Gasteiger partial charge in [0.1, 0.15) is 17.9 Å². The standard InChI is InChI=1S/C28H33N3O3/c1-18-12-15-25(27(32)29-18)31-17-21-16-22(13-14-23(21)28(31)33)34-26-11-7-6-10-24(26)30-19(2)20-8-4-3-5-9-20/h3-5,8-9,13-14,16,19,24-26,30H,1,6-7,10-12,15,17H2,2H3,(H,29,32)/t19-,24-,25?,26+/m1/s1. The maximum atomic E-state index is 13.0. The summed E-state index contributed by atoms with van der Waals surface area (Å²) in [6, 6.07) is 16.3. The first-order valence-electron chi connectivity index (χ1n) is 12.4. The monoisotopic (exact) mass is 459 g/mol. The smallest absolute Gasteiger partial charge is 0.255 e. The van der Waals surface area contributed by atoms with Gasteiger partial charge in [-0.3, -0.25) is 9.59 Å². The summed E-state index contributed by atoms with van der Waals surface area (Å²) in [6.07, 6.45) is 5.84. The first-order valence-corrected chi connectivity index (χ1v) is 12.4. The van der Waals surface area contributed by atoms with E-state index in [1.165, 1.54) is 12.0 Å². The molecule has 6 nitrogen and oxygen atoms in total. The average molecular weight is 460 g/mol. The lowest BCUT2D eigenvalue weighted by Crippen LogP contribution is -2.49. The van der Waals surface area contributed by atoms with Gasteiger partial charge in [-0.1, -0.05) is 43.3 Å². The number of carbonyl (C=O) groups is 2. The Hall–Kier alpha value is -3.12. The Morgan fingerprint density at radius 2 is 1.88 bits per heavy atom. The van der Waals surface area contributed by atoms with Crippen LogP contribution in [0, 0.1) is 0 Å². The van der Waals surface area contributed by atoms with Gasteiger partial charge in [-0.25, -0.2) is 0 Å². The Bertz CT molecular complexity index is 1080. The van der Waals surface area contributed by atoms with Crippen molar-refractivity contribution in [3.63, 3.8) is 0 Å². The first kappa shape index (κ1) is 22.7. The number of benzene rings is 2. The Labute approximate surface area is 201 Å². The van der Waals surface area contributed by atoms with Crippen LogP contribution in [0.3, 0.4) is 0 Å². The van der Waals surface area contributed by atoms with Gasteiger partial charge in [-0.2, -0.15) is 0 Å². The molecule has 0 spiro atoms. The van der Waals surface area contributed by atoms with E-state index in [0.717, 1.165) is 36.3 Å². The third-order valence-electron chi connectivity index (χ3n) is 7.36. The third-order valence-corrected chi connectivity index (χ3v) is 7.36. The van der Waals surface area contributed by atoms with Crippen molar-refractivity contribution in [3.8, 4) is 5.75 Å². The number of carbonyl (C=O) groups excluding carboxylic acids is 2. The van der Waals surface area contributed by atoms with Crippen LogP contribution in [0.5, 0.6) is 5.75 Å². The topological polar surface area (TPSA) is 70.7 Å². The van der Waals surface area contributed by atoms with Crippen LogP contribution >= 0.6 is 0 Å². The Morgan fingerprint density at radius 3 is 2.68 bits per heavy atom. The van der Waals surface area contributed by atoms with Crippen LogP contribution < -0.4 is 15.4 Å². The van der Waals surface area contributed by atoms with Crippen LogP contribution in [0.15, 0.2) is 60.8 Å². The molecule has 2 aromatic carbocycles. The zero-order valence-electron chi connectivity index (χ0n) is 19.8. The molecule has 0 bridgehead atoms. The van der Waals surface area contributed by atoms with Gasteiger partial charge in [0.2, 0.25) is 5.91 Å². The highest BCUT2D eigenvalue weighted by molar-refractivity contribution is 6.01. The van der Waals surface area contributed by atoms with Gasteiger partial charge < -0.3 is 20.3 Å². The fourth-order valence-electron chi connectivity index (χ4n) is 5.47. The summed E-state index contributed by atoms with van der Waals surface area (Å²) in [4.78, 5) is 27.1. The fourth-order valence-corrected chi connectivity index (χ4v) is 5.47. The van der Waals surface area contributed by atoms with Crippen LogP contribution in [-0.2, 0) is 11.3 Å². The van der Waals surface area contributed by atoms with Gasteiger partial charge in [-0.05, 0) is 68.4 Å². The van der Waals surface area contributed by atoms with E-state index >= 15 is 0 Å². The number of fused-ring (bicyclic) bond motifs is 1. The van der Waals surface area contributed by atoms with E-state index in [2.05, 4.69) is 48.4 Å². The van der Waals surface area contributed by atoms with Crippen molar-refractivity contribution < 1.29 is 14.3 Å². The SMILES string of the molecule is C=C1CCC(N2Cc3cc(O[C@H]4CCCC[C@H]4N[C@H](C)c4ccccc4)ccc3C2=O)C(=O)N1. The second-order valence-corrected chi connectivity index (χ2v) is 9.75. The molecule has 6 heteroatoms. The number of amides is 2. The molecule has 1 saturated heterocycles. The van der Waals surface area contributed by atoms with Crippen LogP contribution in [0.4, 0.5) is 0 Å². The molecule has 5 rings (SSSR count). The lowest BCUT2D eigenvalue weighted by atomic mass is 9.91. The van der Waals surface area contributed by atoms with E-state index in [0.29, 0.717) is 24.9 Å². The molecule has 0 radical (unpaired) electrons. The van der Waals surface area contributed by atoms with E-state index in [-0.39, 0.29) is 30.0 Å². The first-order chi connectivity index (χ1) is 16.5. The molecule has 0 aromatic heterocycles. The summed E-state index contributed by atoms with van der Waals surface area (Å²) < 4.78 is 6.50. The van der Waals surface area contributed by atoms with Crippen molar-refractivity contribution in [1.82, 2.24) is 15.5 Å². The number of nitrogens with zero attached hydrogens (tertiary/aromatic N) is 1. The highest BCUT2D eigenvalue weighted by atomic mass is 16.5. The van der Waals surface area contributed by atoms with Crippen LogP contribution in [0.1, 0.15) is 73.0 Å². The van der Waals surface area contributed by atoms with Gasteiger partial charge >= 0.3 is 0 Å². The molecular weight excluding hydrogens is 426 g/mol. The molecule has 2 aromatic rings. The molecule has 2 N–H and O–H groups in total. The largest absolute Gasteiger partial charge is 0.489 e. The molecule has 4 atom stereocenters. The van der Waals surface area contributed by atoms with Crippen molar-refractivity contribution in [2.75, 3.05) is 0 Å². The van der Waals surface area contributed by atoms with E-state index in [4.69, 9.17) is 4.74 Å². The summed E-state index contributed by atoms with van der Waals surface area (Å²) in [5.41, 5.74) is 3.59. The quantitative estimate of drug-likeness (QED) is 0.669. The number of hydrogen-bond donors (Lipinski definition) is 2. The molecule has 1 saturated carbocycles. The number of piperidine rings is 1. The van der Waals surface area contributed by atoms with E-state index in [1.807, 2.05) is 24.3 Å². The lowest BCUT2D eigenvalue weighted by Gasteiger charge is -2.34. The summed E-state index contributed by atoms with van der Waals surface area (Å²) >= 11 is 0. The third kappa shape index (κ3) is 4.60. The highest BCUT2D eigenvalue weighted by Crippen LogP contribution is 2.32. The second kappa shape index (κ2) is 9.63. The number of allylic oxidation sites excluding steroid dienone is 1. The van der Waals surface area contributed by atoms with Gasteiger partial charge in [0, 0.05) is 29.9 Å². The second-order valence-electron chi connectivity index (χ2n) is 9.75. The molecule has 3 aliphatic rings. The zero-order valence-corrected chi connectivity index (χ0v) is 19.8. The average Bonchev–Trinajstić information content (AvgIpc) is 3.16. The zero-order chi connectivity index (χ0) is 23.7.